The molecule has 1 aromatic rings. The van der Waals surface area contributed by atoms with E-state index in [0.717, 1.165) is 13.2 Å². The molecule has 0 aliphatic heterocycles. The summed E-state index contributed by atoms with van der Waals surface area (Å²) in [6.07, 6.45) is -8.32. The van der Waals surface area contributed by atoms with Gasteiger partial charge in [0.25, 0.3) is 6.43 Å². The molecule has 0 radical (unpaired) electrons. The standard InChI is InChI=1S/C9H9F5N2O/c1-17-5-2-4(3-15)16-7(8(10)11)6(5)9(12,13)14/h2,8H,3,15H2,1H3. The normalized spacial score (nSPS) is 12.0. The average Bonchev–Trinajstić information content (AvgIpc) is 2.25. The lowest BCUT2D eigenvalue weighted by atomic mass is 10.1. The molecule has 1 rings (SSSR count). The van der Waals surface area contributed by atoms with Gasteiger partial charge in [0.2, 0.25) is 0 Å². The number of nitrogens with zero attached hydrogens (tertiary/aromatic N) is 1. The van der Waals surface area contributed by atoms with Crippen LogP contribution in [0.15, 0.2) is 6.07 Å². The van der Waals surface area contributed by atoms with Crippen LogP contribution in [0.25, 0.3) is 0 Å². The molecule has 0 atom stereocenters. The molecule has 0 amide bonds. The van der Waals surface area contributed by atoms with Gasteiger partial charge in [0.05, 0.1) is 12.8 Å². The molecule has 0 fully saturated rings. The van der Waals surface area contributed by atoms with E-state index in [-0.39, 0.29) is 12.2 Å². The van der Waals surface area contributed by atoms with E-state index in [2.05, 4.69) is 9.72 Å². The Morgan fingerprint density at radius 1 is 1.41 bits per heavy atom. The second-order valence-corrected chi connectivity index (χ2v) is 3.08. The van der Waals surface area contributed by atoms with Crippen LogP contribution in [-0.2, 0) is 12.7 Å². The van der Waals surface area contributed by atoms with Gasteiger partial charge in [0.15, 0.2) is 0 Å². The van der Waals surface area contributed by atoms with Gasteiger partial charge in [-0.1, -0.05) is 0 Å². The van der Waals surface area contributed by atoms with Crippen LogP contribution >= 0.6 is 0 Å². The fourth-order valence-corrected chi connectivity index (χ4v) is 1.30. The van der Waals surface area contributed by atoms with Crippen LogP contribution < -0.4 is 10.5 Å². The molecule has 0 bridgehead atoms. The number of pyridine rings is 1. The molecular formula is C9H9F5N2O. The van der Waals surface area contributed by atoms with Gasteiger partial charge >= 0.3 is 6.18 Å². The van der Waals surface area contributed by atoms with E-state index >= 15 is 0 Å². The van der Waals surface area contributed by atoms with Crippen LogP contribution in [0, 0.1) is 0 Å². The number of halogens is 5. The minimum absolute atomic E-state index is 0.0925. The van der Waals surface area contributed by atoms with Crippen molar-refractivity contribution in [3.8, 4) is 5.75 Å². The maximum Gasteiger partial charge on any atom is 0.421 e. The summed E-state index contributed by atoms with van der Waals surface area (Å²) in [5, 5.41) is 0. The third-order valence-corrected chi connectivity index (χ3v) is 1.98. The van der Waals surface area contributed by atoms with Crippen LogP contribution in [-0.4, -0.2) is 12.1 Å². The Morgan fingerprint density at radius 2 is 2.00 bits per heavy atom. The third kappa shape index (κ3) is 2.82. The highest BCUT2D eigenvalue weighted by Crippen LogP contribution is 2.41. The number of aromatic nitrogens is 1. The Morgan fingerprint density at radius 3 is 2.35 bits per heavy atom. The molecule has 0 saturated heterocycles. The highest BCUT2D eigenvalue weighted by Gasteiger charge is 2.40. The van der Waals surface area contributed by atoms with E-state index in [4.69, 9.17) is 5.73 Å². The van der Waals surface area contributed by atoms with Gasteiger partial charge in [-0.3, -0.25) is 0 Å². The molecule has 0 spiro atoms. The first-order valence-electron chi connectivity index (χ1n) is 4.44. The molecule has 1 heterocycles. The van der Waals surface area contributed by atoms with Crippen molar-refractivity contribution in [2.45, 2.75) is 19.1 Å². The van der Waals surface area contributed by atoms with Crippen LogP contribution in [0.4, 0.5) is 22.0 Å². The second-order valence-electron chi connectivity index (χ2n) is 3.08. The highest BCUT2D eigenvalue weighted by atomic mass is 19.4. The van der Waals surface area contributed by atoms with Gasteiger partial charge < -0.3 is 10.5 Å². The van der Waals surface area contributed by atoms with E-state index in [9.17, 15) is 22.0 Å². The SMILES string of the molecule is COc1cc(CN)nc(C(F)F)c1C(F)(F)F. The second kappa shape index (κ2) is 4.82. The smallest absolute Gasteiger partial charge is 0.421 e. The number of methoxy groups -OCH3 is 1. The molecule has 0 saturated carbocycles. The Bertz CT molecular complexity index is 405. The topological polar surface area (TPSA) is 48.1 Å². The summed E-state index contributed by atoms with van der Waals surface area (Å²) in [6.45, 7) is -0.256. The zero-order chi connectivity index (χ0) is 13.2. The molecule has 96 valence electrons. The van der Waals surface area contributed by atoms with Gasteiger partial charge in [-0.05, 0) is 0 Å². The Hall–Kier alpha value is -1.44. The molecule has 0 unspecified atom stereocenters. The summed E-state index contributed by atoms with van der Waals surface area (Å²) < 4.78 is 67.3. The van der Waals surface area contributed by atoms with Gasteiger partial charge in [-0.2, -0.15) is 13.2 Å². The van der Waals surface area contributed by atoms with Crippen LogP contribution in [0.2, 0.25) is 0 Å². The number of alkyl halides is 5. The van der Waals surface area contributed by atoms with Crippen molar-refractivity contribution in [2.24, 2.45) is 5.73 Å². The summed E-state index contributed by atoms with van der Waals surface area (Å²) in [6, 6.07) is 0.898. The van der Waals surface area contributed by atoms with Gasteiger partial charge in [0.1, 0.15) is 17.0 Å². The lowest BCUT2D eigenvalue weighted by molar-refractivity contribution is -0.141. The predicted octanol–water partition coefficient (Wildman–Crippen LogP) is 2.51. The molecule has 0 aliphatic rings. The monoisotopic (exact) mass is 256 g/mol. The molecule has 2 N–H and O–H groups in total. The summed E-state index contributed by atoms with van der Waals surface area (Å²) in [5.74, 6) is -0.705. The fraction of sp³-hybridized carbons (Fsp3) is 0.444. The molecule has 3 nitrogen and oxygen atoms in total. The first-order valence-corrected chi connectivity index (χ1v) is 4.44. The maximum atomic E-state index is 12.6. The molecule has 0 aromatic carbocycles. The molecule has 1 aromatic heterocycles. The van der Waals surface area contributed by atoms with Crippen molar-refractivity contribution in [2.75, 3.05) is 7.11 Å². The van der Waals surface area contributed by atoms with E-state index in [1.165, 1.54) is 0 Å². The van der Waals surface area contributed by atoms with Gasteiger partial charge in [-0.25, -0.2) is 13.8 Å². The van der Waals surface area contributed by atoms with Gasteiger partial charge in [0, 0.05) is 12.6 Å². The van der Waals surface area contributed by atoms with E-state index in [1.54, 1.807) is 0 Å². The average molecular weight is 256 g/mol. The van der Waals surface area contributed by atoms with Crippen LogP contribution in [0.1, 0.15) is 23.4 Å². The van der Waals surface area contributed by atoms with Crippen molar-refractivity contribution in [3.05, 3.63) is 23.0 Å². The summed E-state index contributed by atoms with van der Waals surface area (Å²) in [4.78, 5) is 3.19. The third-order valence-electron chi connectivity index (χ3n) is 1.98. The summed E-state index contributed by atoms with van der Waals surface area (Å²) in [7, 11) is 0.958. The number of ether oxygens (including phenoxy) is 1. The lowest BCUT2D eigenvalue weighted by Crippen LogP contribution is -2.15. The number of nitrogens with two attached hydrogens (primary N) is 1. The fourth-order valence-electron chi connectivity index (χ4n) is 1.30. The molecule has 17 heavy (non-hydrogen) atoms. The Labute approximate surface area is 93.4 Å². The van der Waals surface area contributed by atoms with E-state index in [0.29, 0.717) is 0 Å². The lowest BCUT2D eigenvalue weighted by Gasteiger charge is -2.16. The zero-order valence-electron chi connectivity index (χ0n) is 8.68. The zero-order valence-corrected chi connectivity index (χ0v) is 8.68. The van der Waals surface area contributed by atoms with Crippen molar-refractivity contribution < 1.29 is 26.7 Å². The number of hydrogen-bond acceptors (Lipinski definition) is 3. The summed E-state index contributed by atoms with van der Waals surface area (Å²) >= 11 is 0. The first-order chi connectivity index (χ1) is 7.81. The molecular weight excluding hydrogens is 247 g/mol. The van der Waals surface area contributed by atoms with Gasteiger partial charge in [-0.15, -0.1) is 0 Å². The van der Waals surface area contributed by atoms with E-state index in [1.807, 2.05) is 0 Å². The minimum atomic E-state index is -4.96. The maximum absolute atomic E-state index is 12.6. The van der Waals surface area contributed by atoms with Crippen LogP contribution in [0.5, 0.6) is 5.75 Å². The first kappa shape index (κ1) is 13.6. The molecule has 0 aliphatic carbocycles. The van der Waals surface area contributed by atoms with E-state index < -0.39 is 29.6 Å². The van der Waals surface area contributed by atoms with Crippen LogP contribution in [0.3, 0.4) is 0 Å². The largest absolute Gasteiger partial charge is 0.496 e. The Kier molecular flexibility index (Phi) is 3.87. The highest BCUT2D eigenvalue weighted by molar-refractivity contribution is 5.41. The predicted molar refractivity (Wildman–Crippen MR) is 48.6 cm³/mol. The Balaban J connectivity index is 3.53. The molecule has 8 heteroatoms. The van der Waals surface area contributed by atoms with Crippen molar-refractivity contribution in [3.63, 3.8) is 0 Å². The minimum Gasteiger partial charge on any atom is -0.496 e. The summed E-state index contributed by atoms with van der Waals surface area (Å²) in [5.41, 5.74) is 2.14. The van der Waals surface area contributed by atoms with Crippen molar-refractivity contribution in [1.82, 2.24) is 4.98 Å². The number of hydrogen-bond donors (Lipinski definition) is 1. The number of rotatable bonds is 3. The van der Waals surface area contributed by atoms with Crippen molar-refractivity contribution >= 4 is 0 Å². The quantitative estimate of drug-likeness (QED) is 0.845. The van der Waals surface area contributed by atoms with Crippen molar-refractivity contribution in [1.29, 1.82) is 0 Å².